The first-order valence-corrected chi connectivity index (χ1v) is 6.58. The van der Waals surface area contributed by atoms with Crippen molar-refractivity contribution in [2.45, 2.75) is 24.5 Å². The number of aromatic amines is 1. The van der Waals surface area contributed by atoms with Crippen LogP contribution in [0.3, 0.4) is 0 Å². The van der Waals surface area contributed by atoms with E-state index in [9.17, 15) is 8.42 Å². The Balaban J connectivity index is 3.03. The van der Waals surface area contributed by atoms with Gasteiger partial charge in [-0.1, -0.05) is 0 Å². The molecular weight excluding hydrogens is 244 g/mol. The van der Waals surface area contributed by atoms with Crippen LogP contribution >= 0.6 is 0 Å². The number of aromatic nitrogens is 2. The summed E-state index contributed by atoms with van der Waals surface area (Å²) >= 11 is 0. The van der Waals surface area contributed by atoms with E-state index in [4.69, 9.17) is 10.5 Å². The molecule has 0 aromatic carbocycles. The number of hydrogen-bond acceptors (Lipinski definition) is 5. The molecule has 0 amide bonds. The third-order valence-corrected chi connectivity index (χ3v) is 4.55. The fourth-order valence-corrected chi connectivity index (χ4v) is 2.85. The highest BCUT2D eigenvalue weighted by atomic mass is 32.2. The SMILES string of the molecule is COCC(C)N(C)S(=O)(=O)c1[nH]ncc1CN. The summed E-state index contributed by atoms with van der Waals surface area (Å²) in [5, 5.41) is 6.23. The number of nitrogens with one attached hydrogen (secondary N) is 1. The van der Waals surface area contributed by atoms with Crippen LogP contribution in [-0.4, -0.2) is 49.7 Å². The van der Waals surface area contributed by atoms with Gasteiger partial charge in [0.15, 0.2) is 5.03 Å². The highest BCUT2D eigenvalue weighted by Gasteiger charge is 2.28. The smallest absolute Gasteiger partial charge is 0.260 e. The van der Waals surface area contributed by atoms with Gasteiger partial charge in [-0.05, 0) is 6.92 Å². The van der Waals surface area contributed by atoms with Crippen LogP contribution in [0, 0.1) is 0 Å². The molecule has 3 N–H and O–H groups in total. The molecule has 1 rings (SSSR count). The number of methoxy groups -OCH3 is 1. The van der Waals surface area contributed by atoms with Gasteiger partial charge in [-0.25, -0.2) is 8.42 Å². The maximum atomic E-state index is 12.2. The molecule has 7 nitrogen and oxygen atoms in total. The summed E-state index contributed by atoms with van der Waals surface area (Å²) < 4.78 is 30.6. The average molecular weight is 262 g/mol. The zero-order chi connectivity index (χ0) is 13.1. The second-order valence-corrected chi connectivity index (χ2v) is 5.69. The Kier molecular flexibility index (Phi) is 4.63. The van der Waals surface area contributed by atoms with Crippen LogP contribution in [0.15, 0.2) is 11.2 Å². The molecule has 0 aliphatic rings. The average Bonchev–Trinajstić information content (AvgIpc) is 2.76. The standard InChI is InChI=1S/C9H18N4O3S/c1-7(6-16-3)13(2)17(14,15)9-8(4-10)5-11-12-9/h5,7H,4,6,10H2,1-3H3,(H,11,12). The minimum atomic E-state index is -3.60. The number of rotatable bonds is 6. The lowest BCUT2D eigenvalue weighted by Crippen LogP contribution is -2.38. The van der Waals surface area contributed by atoms with Crippen LogP contribution in [0.2, 0.25) is 0 Å². The Morgan fingerprint density at radius 3 is 2.82 bits per heavy atom. The lowest BCUT2D eigenvalue weighted by Gasteiger charge is -2.23. The van der Waals surface area contributed by atoms with Gasteiger partial charge >= 0.3 is 0 Å². The first kappa shape index (κ1) is 14.1. The molecule has 1 atom stereocenters. The summed E-state index contributed by atoms with van der Waals surface area (Å²) in [7, 11) is -0.578. The summed E-state index contributed by atoms with van der Waals surface area (Å²) in [4.78, 5) is 0. The van der Waals surface area contributed by atoms with Crippen molar-refractivity contribution in [1.82, 2.24) is 14.5 Å². The number of nitrogens with two attached hydrogens (primary N) is 1. The van der Waals surface area contributed by atoms with E-state index in [0.717, 1.165) is 0 Å². The number of hydrogen-bond donors (Lipinski definition) is 2. The molecule has 0 saturated carbocycles. The molecular formula is C9H18N4O3S. The van der Waals surface area contributed by atoms with Gasteiger partial charge in [0.25, 0.3) is 10.0 Å². The van der Waals surface area contributed by atoms with E-state index >= 15 is 0 Å². The second kappa shape index (κ2) is 5.58. The highest BCUT2D eigenvalue weighted by Crippen LogP contribution is 2.17. The second-order valence-electron chi connectivity index (χ2n) is 3.75. The zero-order valence-electron chi connectivity index (χ0n) is 10.2. The van der Waals surface area contributed by atoms with Crippen molar-refractivity contribution in [3.63, 3.8) is 0 Å². The monoisotopic (exact) mass is 262 g/mol. The van der Waals surface area contributed by atoms with Crippen LogP contribution in [0.4, 0.5) is 0 Å². The quantitative estimate of drug-likeness (QED) is 0.721. The van der Waals surface area contributed by atoms with Crippen molar-refractivity contribution in [2.75, 3.05) is 20.8 Å². The van der Waals surface area contributed by atoms with Crippen LogP contribution in [0.25, 0.3) is 0 Å². The van der Waals surface area contributed by atoms with Crippen molar-refractivity contribution >= 4 is 10.0 Å². The molecule has 0 bridgehead atoms. The number of H-pyrrole nitrogens is 1. The predicted octanol–water partition coefficient (Wildman–Crippen LogP) is -0.476. The summed E-state index contributed by atoms with van der Waals surface area (Å²) in [5.74, 6) is 0. The van der Waals surface area contributed by atoms with E-state index in [2.05, 4.69) is 10.2 Å². The predicted molar refractivity (Wildman–Crippen MR) is 62.8 cm³/mol. The molecule has 1 heterocycles. The first-order chi connectivity index (χ1) is 7.95. The van der Waals surface area contributed by atoms with Crippen LogP contribution in [-0.2, 0) is 21.3 Å². The molecule has 0 aliphatic carbocycles. The topological polar surface area (TPSA) is 101 Å². The van der Waals surface area contributed by atoms with Gasteiger partial charge in [-0.2, -0.15) is 9.40 Å². The lowest BCUT2D eigenvalue weighted by molar-refractivity contribution is 0.149. The number of sulfonamides is 1. The minimum absolute atomic E-state index is 0.0467. The Morgan fingerprint density at radius 2 is 2.29 bits per heavy atom. The van der Waals surface area contributed by atoms with E-state index in [1.807, 2.05) is 0 Å². The summed E-state index contributed by atoms with van der Waals surface area (Å²) in [5.41, 5.74) is 5.93. The summed E-state index contributed by atoms with van der Waals surface area (Å²) in [6.07, 6.45) is 1.42. The van der Waals surface area contributed by atoms with Gasteiger partial charge in [0.1, 0.15) is 0 Å². The Labute approximate surface area is 101 Å². The van der Waals surface area contributed by atoms with Crippen molar-refractivity contribution < 1.29 is 13.2 Å². The summed E-state index contributed by atoms with van der Waals surface area (Å²) in [6, 6.07) is -0.265. The Bertz CT molecular complexity index is 457. The maximum Gasteiger partial charge on any atom is 0.260 e. The number of likely N-dealkylation sites (N-methyl/N-ethyl adjacent to an activating group) is 1. The molecule has 17 heavy (non-hydrogen) atoms. The van der Waals surface area contributed by atoms with E-state index in [0.29, 0.717) is 12.2 Å². The van der Waals surface area contributed by atoms with Gasteiger partial charge in [-0.3, -0.25) is 5.10 Å². The van der Waals surface area contributed by atoms with Crippen molar-refractivity contribution in [3.8, 4) is 0 Å². The van der Waals surface area contributed by atoms with E-state index in [1.165, 1.54) is 24.7 Å². The van der Waals surface area contributed by atoms with Gasteiger partial charge in [-0.15, -0.1) is 0 Å². The molecule has 0 fully saturated rings. The van der Waals surface area contributed by atoms with Gasteiger partial charge in [0, 0.05) is 32.3 Å². The van der Waals surface area contributed by atoms with Crippen molar-refractivity contribution in [1.29, 1.82) is 0 Å². The third kappa shape index (κ3) is 2.83. The van der Waals surface area contributed by atoms with Gasteiger partial charge in [0.05, 0.1) is 12.8 Å². The van der Waals surface area contributed by atoms with Gasteiger partial charge in [0.2, 0.25) is 0 Å². The highest BCUT2D eigenvalue weighted by molar-refractivity contribution is 7.89. The first-order valence-electron chi connectivity index (χ1n) is 5.14. The van der Waals surface area contributed by atoms with E-state index < -0.39 is 10.0 Å². The largest absolute Gasteiger partial charge is 0.383 e. The molecule has 8 heteroatoms. The number of ether oxygens (including phenoxy) is 1. The van der Waals surface area contributed by atoms with Crippen LogP contribution in [0.1, 0.15) is 12.5 Å². The number of nitrogens with zero attached hydrogens (tertiary/aromatic N) is 2. The third-order valence-electron chi connectivity index (χ3n) is 2.56. The molecule has 1 unspecified atom stereocenters. The van der Waals surface area contributed by atoms with Crippen molar-refractivity contribution in [2.24, 2.45) is 5.73 Å². The van der Waals surface area contributed by atoms with Crippen LogP contribution in [0.5, 0.6) is 0 Å². The Hall–Kier alpha value is -0.960. The minimum Gasteiger partial charge on any atom is -0.383 e. The zero-order valence-corrected chi connectivity index (χ0v) is 11.0. The maximum absolute atomic E-state index is 12.2. The van der Waals surface area contributed by atoms with E-state index in [1.54, 1.807) is 6.92 Å². The van der Waals surface area contributed by atoms with E-state index in [-0.39, 0.29) is 17.6 Å². The van der Waals surface area contributed by atoms with Gasteiger partial charge < -0.3 is 10.5 Å². The normalized spacial score (nSPS) is 14.2. The summed E-state index contributed by atoms with van der Waals surface area (Å²) in [6.45, 7) is 2.21. The molecule has 0 aliphatic heterocycles. The molecule has 1 aromatic heterocycles. The fraction of sp³-hybridized carbons (Fsp3) is 0.667. The van der Waals surface area contributed by atoms with Crippen molar-refractivity contribution in [3.05, 3.63) is 11.8 Å². The Morgan fingerprint density at radius 1 is 1.65 bits per heavy atom. The molecule has 0 saturated heterocycles. The lowest BCUT2D eigenvalue weighted by atomic mass is 10.4. The molecule has 0 radical (unpaired) electrons. The fourth-order valence-electron chi connectivity index (χ4n) is 1.40. The molecule has 1 aromatic rings. The van der Waals surface area contributed by atoms with Crippen LogP contribution < -0.4 is 5.73 Å². The molecule has 98 valence electrons. The molecule has 0 spiro atoms.